The highest BCUT2D eigenvalue weighted by atomic mass is 16.6. The topological polar surface area (TPSA) is 110 Å². The average molecular weight is 316 g/mol. The number of hydrogen-bond acceptors (Lipinski definition) is 6. The molecule has 0 fully saturated rings. The summed E-state index contributed by atoms with van der Waals surface area (Å²) in [7, 11) is 0. The van der Waals surface area contributed by atoms with Crippen molar-refractivity contribution in [3.05, 3.63) is 68.8 Å². The summed E-state index contributed by atoms with van der Waals surface area (Å²) in [4.78, 5) is 20.3. The third kappa shape index (κ3) is 4.67. The number of nitro benzene ring substituents is 2. The highest BCUT2D eigenvalue weighted by Gasteiger charge is 2.07. The van der Waals surface area contributed by atoms with Crippen LogP contribution in [0.2, 0.25) is 0 Å². The summed E-state index contributed by atoms with van der Waals surface area (Å²) in [6.07, 6.45) is 0. The molecular formula is C15H16N4O4. The van der Waals surface area contributed by atoms with Crippen molar-refractivity contribution in [3.63, 3.8) is 0 Å². The average Bonchev–Trinajstić information content (AvgIpc) is 2.54. The lowest BCUT2D eigenvalue weighted by atomic mass is 10.2. The van der Waals surface area contributed by atoms with Gasteiger partial charge in [-0.15, -0.1) is 0 Å². The Morgan fingerprint density at radius 3 is 1.74 bits per heavy atom. The largest absolute Gasteiger partial charge is 0.383 e. The van der Waals surface area contributed by atoms with Crippen molar-refractivity contribution >= 4 is 22.7 Å². The number of rotatable bonds is 7. The maximum Gasteiger partial charge on any atom is 0.269 e. The number of non-ortho nitro benzene ring substituents is 2. The lowest BCUT2D eigenvalue weighted by Crippen LogP contribution is -2.24. The summed E-state index contributed by atoms with van der Waals surface area (Å²) >= 11 is 0. The Hall–Kier alpha value is -3.16. The molecule has 2 aromatic carbocycles. The molecule has 8 heteroatoms. The molecule has 120 valence electrons. The van der Waals surface area contributed by atoms with E-state index in [1.54, 1.807) is 24.3 Å². The molecule has 1 atom stereocenters. The van der Waals surface area contributed by atoms with E-state index in [2.05, 4.69) is 10.6 Å². The van der Waals surface area contributed by atoms with Crippen molar-refractivity contribution < 1.29 is 9.85 Å². The third-order valence-electron chi connectivity index (χ3n) is 3.18. The summed E-state index contributed by atoms with van der Waals surface area (Å²) in [6, 6.07) is 12.4. The Kier molecular flexibility index (Phi) is 5.08. The van der Waals surface area contributed by atoms with Crippen molar-refractivity contribution in [1.29, 1.82) is 0 Å². The maximum atomic E-state index is 10.6. The van der Waals surface area contributed by atoms with Crippen LogP contribution >= 0.6 is 0 Å². The van der Waals surface area contributed by atoms with Crippen LogP contribution in [0.15, 0.2) is 48.5 Å². The number of nitro groups is 2. The van der Waals surface area contributed by atoms with E-state index in [4.69, 9.17) is 0 Å². The van der Waals surface area contributed by atoms with Crippen LogP contribution in [0.5, 0.6) is 0 Å². The van der Waals surface area contributed by atoms with Crippen molar-refractivity contribution in [2.45, 2.75) is 13.0 Å². The van der Waals surface area contributed by atoms with Crippen LogP contribution in [0, 0.1) is 20.2 Å². The van der Waals surface area contributed by atoms with Gasteiger partial charge in [0, 0.05) is 48.2 Å². The van der Waals surface area contributed by atoms with Gasteiger partial charge in [-0.1, -0.05) is 0 Å². The van der Waals surface area contributed by atoms with Crippen LogP contribution in [-0.2, 0) is 0 Å². The molecule has 23 heavy (non-hydrogen) atoms. The van der Waals surface area contributed by atoms with Gasteiger partial charge in [-0.2, -0.15) is 0 Å². The SMILES string of the molecule is CC(CNc1ccc([N+](=O)[O-])cc1)Nc1ccc([N+](=O)[O-])cc1. The number of hydrogen-bond donors (Lipinski definition) is 2. The molecule has 8 nitrogen and oxygen atoms in total. The molecule has 0 saturated heterocycles. The van der Waals surface area contributed by atoms with E-state index in [-0.39, 0.29) is 17.4 Å². The predicted octanol–water partition coefficient (Wildman–Crippen LogP) is 3.42. The second-order valence-corrected chi connectivity index (χ2v) is 5.03. The highest BCUT2D eigenvalue weighted by Crippen LogP contribution is 2.17. The molecule has 0 radical (unpaired) electrons. The van der Waals surface area contributed by atoms with Crippen LogP contribution in [0.3, 0.4) is 0 Å². The third-order valence-corrected chi connectivity index (χ3v) is 3.18. The lowest BCUT2D eigenvalue weighted by Gasteiger charge is -2.16. The van der Waals surface area contributed by atoms with E-state index in [0.29, 0.717) is 6.54 Å². The van der Waals surface area contributed by atoms with E-state index in [1.165, 1.54) is 24.3 Å². The van der Waals surface area contributed by atoms with Gasteiger partial charge in [0.2, 0.25) is 0 Å². The molecule has 0 aliphatic carbocycles. The molecule has 0 saturated carbocycles. The minimum atomic E-state index is -0.442. The zero-order valence-electron chi connectivity index (χ0n) is 12.4. The fourth-order valence-electron chi connectivity index (χ4n) is 1.99. The molecular weight excluding hydrogens is 300 g/mol. The van der Waals surface area contributed by atoms with Gasteiger partial charge in [0.1, 0.15) is 0 Å². The fourth-order valence-corrected chi connectivity index (χ4v) is 1.99. The molecule has 1 unspecified atom stereocenters. The van der Waals surface area contributed by atoms with Crippen LogP contribution in [-0.4, -0.2) is 22.4 Å². The Morgan fingerprint density at radius 2 is 1.30 bits per heavy atom. The van der Waals surface area contributed by atoms with Crippen molar-refractivity contribution in [3.8, 4) is 0 Å². The van der Waals surface area contributed by atoms with E-state index >= 15 is 0 Å². The van der Waals surface area contributed by atoms with Gasteiger partial charge in [0.05, 0.1) is 9.85 Å². The maximum absolute atomic E-state index is 10.6. The summed E-state index contributed by atoms with van der Waals surface area (Å²) < 4.78 is 0. The van der Waals surface area contributed by atoms with Gasteiger partial charge < -0.3 is 10.6 Å². The molecule has 2 aromatic rings. The predicted molar refractivity (Wildman–Crippen MR) is 87.8 cm³/mol. The van der Waals surface area contributed by atoms with Gasteiger partial charge in [-0.05, 0) is 31.2 Å². The summed E-state index contributed by atoms with van der Waals surface area (Å²) in [5.74, 6) is 0. The molecule has 0 bridgehead atoms. The number of benzene rings is 2. The zero-order valence-corrected chi connectivity index (χ0v) is 12.4. The van der Waals surface area contributed by atoms with Crippen molar-refractivity contribution in [2.24, 2.45) is 0 Å². The van der Waals surface area contributed by atoms with Gasteiger partial charge in [-0.25, -0.2) is 0 Å². The molecule has 0 amide bonds. The Balaban J connectivity index is 1.85. The van der Waals surface area contributed by atoms with Gasteiger partial charge in [0.25, 0.3) is 11.4 Å². The molecule has 0 aliphatic heterocycles. The summed E-state index contributed by atoms with van der Waals surface area (Å²) in [5, 5.41) is 27.6. The monoisotopic (exact) mass is 316 g/mol. The molecule has 2 rings (SSSR count). The first-order valence-electron chi connectivity index (χ1n) is 6.95. The first-order valence-corrected chi connectivity index (χ1v) is 6.95. The highest BCUT2D eigenvalue weighted by molar-refractivity contribution is 5.51. The van der Waals surface area contributed by atoms with Crippen LogP contribution in [0.1, 0.15) is 6.92 Å². The second kappa shape index (κ2) is 7.21. The van der Waals surface area contributed by atoms with Crippen molar-refractivity contribution in [1.82, 2.24) is 0 Å². The fraction of sp³-hybridized carbons (Fsp3) is 0.200. The van der Waals surface area contributed by atoms with E-state index < -0.39 is 9.85 Å². The molecule has 2 N–H and O–H groups in total. The first kappa shape index (κ1) is 16.2. The Morgan fingerprint density at radius 1 is 0.870 bits per heavy atom. The van der Waals surface area contributed by atoms with Gasteiger partial charge in [0.15, 0.2) is 0 Å². The second-order valence-electron chi connectivity index (χ2n) is 5.03. The zero-order chi connectivity index (χ0) is 16.8. The Bertz CT molecular complexity index is 686. The van der Waals surface area contributed by atoms with E-state index in [0.717, 1.165) is 11.4 Å². The normalized spacial score (nSPS) is 11.5. The Labute approximate surface area is 132 Å². The summed E-state index contributed by atoms with van der Waals surface area (Å²) in [6.45, 7) is 2.55. The molecule has 0 aromatic heterocycles. The van der Waals surface area contributed by atoms with Gasteiger partial charge >= 0.3 is 0 Å². The van der Waals surface area contributed by atoms with Crippen LogP contribution in [0.4, 0.5) is 22.7 Å². The summed E-state index contributed by atoms with van der Waals surface area (Å²) in [5.41, 5.74) is 1.67. The smallest absolute Gasteiger partial charge is 0.269 e. The molecule has 0 heterocycles. The standard InChI is InChI=1S/C15H16N4O4/c1-11(17-13-4-8-15(9-5-13)19(22)23)10-16-12-2-6-14(7-3-12)18(20)21/h2-9,11,16-17H,10H2,1H3. The minimum Gasteiger partial charge on any atom is -0.383 e. The van der Waals surface area contributed by atoms with Gasteiger partial charge in [-0.3, -0.25) is 20.2 Å². The molecule has 0 spiro atoms. The first-order chi connectivity index (χ1) is 11.0. The number of nitrogens with zero attached hydrogens (tertiary/aromatic N) is 2. The number of anilines is 2. The van der Waals surface area contributed by atoms with Crippen LogP contribution < -0.4 is 10.6 Å². The van der Waals surface area contributed by atoms with E-state index in [1.807, 2.05) is 6.92 Å². The number of nitrogens with one attached hydrogen (secondary N) is 2. The van der Waals surface area contributed by atoms with Crippen LogP contribution in [0.25, 0.3) is 0 Å². The quantitative estimate of drug-likeness (QED) is 0.598. The lowest BCUT2D eigenvalue weighted by molar-refractivity contribution is -0.385. The van der Waals surface area contributed by atoms with E-state index in [9.17, 15) is 20.2 Å². The molecule has 0 aliphatic rings. The minimum absolute atomic E-state index is 0.0483. The van der Waals surface area contributed by atoms with Crippen molar-refractivity contribution in [2.75, 3.05) is 17.2 Å².